The van der Waals surface area contributed by atoms with Gasteiger partial charge in [-0.15, -0.1) is 17.0 Å². The number of piperidine rings is 1. The van der Waals surface area contributed by atoms with E-state index in [1.807, 2.05) is 42.7 Å². The summed E-state index contributed by atoms with van der Waals surface area (Å²) in [4.78, 5) is 15.3. The summed E-state index contributed by atoms with van der Waals surface area (Å²) in [6.45, 7) is 2.43. The van der Waals surface area contributed by atoms with E-state index in [2.05, 4.69) is 19.9 Å². The Morgan fingerprint density at radius 1 is 1.00 bits per heavy atom. The van der Waals surface area contributed by atoms with E-state index in [-0.39, 0.29) is 17.0 Å². The van der Waals surface area contributed by atoms with Crippen LogP contribution >= 0.6 is 17.0 Å². The van der Waals surface area contributed by atoms with E-state index in [1.165, 1.54) is 19.3 Å². The number of rotatable bonds is 3. The second-order valence-electron chi connectivity index (χ2n) is 5.48. The summed E-state index contributed by atoms with van der Waals surface area (Å²) >= 11 is 0. The number of aliphatic imine (C=N–C) groups is 1. The maximum Gasteiger partial charge on any atom is 0.191 e. The van der Waals surface area contributed by atoms with Gasteiger partial charge in [0, 0.05) is 31.0 Å². The second kappa shape index (κ2) is 8.62. The van der Waals surface area contributed by atoms with Gasteiger partial charge < -0.3 is 10.6 Å². The first-order valence-electron chi connectivity index (χ1n) is 7.74. The normalized spacial score (nSPS) is 15.1. The monoisotopic (exact) mass is 375 g/mol. The van der Waals surface area contributed by atoms with Crippen molar-refractivity contribution in [2.45, 2.75) is 25.8 Å². The van der Waals surface area contributed by atoms with Crippen LogP contribution in [0.1, 0.15) is 25.1 Å². The number of nitrogens with zero attached hydrogens (tertiary/aromatic N) is 4. The van der Waals surface area contributed by atoms with E-state index < -0.39 is 0 Å². The van der Waals surface area contributed by atoms with Crippen LogP contribution in [0.15, 0.2) is 47.7 Å². The van der Waals surface area contributed by atoms with Gasteiger partial charge in [-0.2, -0.15) is 0 Å². The topological polar surface area (TPSA) is 67.4 Å². The molecule has 5 nitrogen and oxygen atoms in total. The first kappa shape index (κ1) is 17.4. The highest BCUT2D eigenvalue weighted by Crippen LogP contribution is 2.16. The molecular formula is C17H22BrN5. The molecule has 1 fully saturated rings. The van der Waals surface area contributed by atoms with Gasteiger partial charge in [0.2, 0.25) is 0 Å². The SMILES string of the molecule is Br.NC(=NCc1ncc(-c2ccccc2)cn1)N1CCCCC1. The number of hydrogen-bond donors (Lipinski definition) is 1. The van der Waals surface area contributed by atoms with E-state index >= 15 is 0 Å². The number of aromatic nitrogens is 2. The molecule has 0 amide bonds. The zero-order chi connectivity index (χ0) is 15.2. The molecule has 3 rings (SSSR count). The largest absolute Gasteiger partial charge is 0.370 e. The van der Waals surface area contributed by atoms with Gasteiger partial charge in [-0.05, 0) is 24.8 Å². The zero-order valence-corrected chi connectivity index (χ0v) is 14.8. The molecule has 122 valence electrons. The van der Waals surface area contributed by atoms with Gasteiger partial charge >= 0.3 is 0 Å². The molecule has 23 heavy (non-hydrogen) atoms. The Balaban J connectivity index is 0.00000192. The Morgan fingerprint density at radius 3 is 2.30 bits per heavy atom. The van der Waals surface area contributed by atoms with E-state index in [0.29, 0.717) is 18.3 Å². The molecule has 1 aliphatic rings. The molecule has 0 spiro atoms. The number of halogens is 1. The van der Waals surface area contributed by atoms with Crippen LogP contribution in [-0.4, -0.2) is 33.9 Å². The Hall–Kier alpha value is -1.95. The third kappa shape index (κ3) is 4.76. The molecule has 0 saturated carbocycles. The van der Waals surface area contributed by atoms with Gasteiger partial charge in [-0.3, -0.25) is 0 Å². The first-order valence-corrected chi connectivity index (χ1v) is 7.74. The van der Waals surface area contributed by atoms with Crippen molar-refractivity contribution in [3.8, 4) is 11.1 Å². The van der Waals surface area contributed by atoms with Crippen LogP contribution in [0.2, 0.25) is 0 Å². The van der Waals surface area contributed by atoms with E-state index in [9.17, 15) is 0 Å². The van der Waals surface area contributed by atoms with Crippen molar-refractivity contribution in [1.82, 2.24) is 14.9 Å². The molecular weight excluding hydrogens is 354 g/mol. The number of likely N-dealkylation sites (tertiary alicyclic amines) is 1. The molecule has 1 aromatic carbocycles. The molecule has 0 unspecified atom stereocenters. The maximum atomic E-state index is 6.04. The highest BCUT2D eigenvalue weighted by molar-refractivity contribution is 8.93. The lowest BCUT2D eigenvalue weighted by molar-refractivity contribution is 0.338. The molecule has 2 heterocycles. The Labute approximate surface area is 147 Å². The van der Waals surface area contributed by atoms with Gasteiger partial charge in [0.05, 0.1) is 0 Å². The van der Waals surface area contributed by atoms with Crippen LogP contribution in [0.4, 0.5) is 0 Å². The van der Waals surface area contributed by atoms with Crippen LogP contribution in [0.25, 0.3) is 11.1 Å². The maximum absolute atomic E-state index is 6.04. The van der Waals surface area contributed by atoms with Gasteiger partial charge in [-0.1, -0.05) is 30.3 Å². The van der Waals surface area contributed by atoms with E-state index in [0.717, 1.165) is 24.2 Å². The van der Waals surface area contributed by atoms with Crippen molar-refractivity contribution < 1.29 is 0 Å². The van der Waals surface area contributed by atoms with E-state index in [1.54, 1.807) is 0 Å². The number of nitrogens with two attached hydrogens (primary N) is 1. The standard InChI is InChI=1S/C17H21N5.BrH/c18-17(22-9-5-2-6-10-22)21-13-16-19-11-15(12-20-16)14-7-3-1-4-8-14;/h1,3-4,7-8,11-12H,2,5-6,9-10,13H2,(H2,18,21);1H. The summed E-state index contributed by atoms with van der Waals surface area (Å²) < 4.78 is 0. The predicted molar refractivity (Wildman–Crippen MR) is 98.5 cm³/mol. The van der Waals surface area contributed by atoms with Crippen LogP contribution < -0.4 is 5.73 Å². The fraction of sp³-hybridized carbons (Fsp3) is 0.353. The molecule has 2 N–H and O–H groups in total. The fourth-order valence-corrected chi connectivity index (χ4v) is 2.59. The summed E-state index contributed by atoms with van der Waals surface area (Å²) in [6.07, 6.45) is 7.35. The molecule has 6 heteroatoms. The van der Waals surface area contributed by atoms with Gasteiger partial charge in [0.15, 0.2) is 5.96 Å². The molecule has 0 aliphatic carbocycles. The molecule has 0 atom stereocenters. The zero-order valence-electron chi connectivity index (χ0n) is 13.1. The molecule has 1 aromatic heterocycles. The molecule has 2 aromatic rings. The van der Waals surface area contributed by atoms with Crippen molar-refractivity contribution in [2.24, 2.45) is 10.7 Å². The highest BCUT2D eigenvalue weighted by atomic mass is 79.9. The second-order valence-corrected chi connectivity index (χ2v) is 5.48. The minimum atomic E-state index is 0. The predicted octanol–water partition coefficient (Wildman–Crippen LogP) is 3.02. The summed E-state index contributed by atoms with van der Waals surface area (Å²) in [5, 5.41) is 0. The van der Waals surface area contributed by atoms with E-state index in [4.69, 9.17) is 5.73 Å². The van der Waals surface area contributed by atoms with Crippen molar-refractivity contribution in [3.63, 3.8) is 0 Å². The van der Waals surface area contributed by atoms with Gasteiger partial charge in [0.1, 0.15) is 12.4 Å². The van der Waals surface area contributed by atoms with Crippen molar-refractivity contribution in [3.05, 3.63) is 48.5 Å². The third-order valence-electron chi connectivity index (χ3n) is 3.87. The minimum Gasteiger partial charge on any atom is -0.370 e. The number of benzene rings is 1. The fourth-order valence-electron chi connectivity index (χ4n) is 2.59. The lowest BCUT2D eigenvalue weighted by Gasteiger charge is -2.27. The highest BCUT2D eigenvalue weighted by Gasteiger charge is 2.11. The smallest absolute Gasteiger partial charge is 0.191 e. The summed E-state index contributed by atoms with van der Waals surface area (Å²) in [5.41, 5.74) is 8.17. The number of hydrogen-bond acceptors (Lipinski definition) is 3. The lowest BCUT2D eigenvalue weighted by atomic mass is 10.1. The van der Waals surface area contributed by atoms with Crippen molar-refractivity contribution in [1.29, 1.82) is 0 Å². The van der Waals surface area contributed by atoms with Crippen LogP contribution in [0.3, 0.4) is 0 Å². The molecule has 0 bridgehead atoms. The molecule has 0 radical (unpaired) electrons. The first-order chi connectivity index (χ1) is 10.8. The summed E-state index contributed by atoms with van der Waals surface area (Å²) in [6, 6.07) is 10.1. The van der Waals surface area contributed by atoms with Crippen molar-refractivity contribution in [2.75, 3.05) is 13.1 Å². The number of guanidine groups is 1. The quantitative estimate of drug-likeness (QED) is 0.661. The third-order valence-corrected chi connectivity index (χ3v) is 3.87. The van der Waals surface area contributed by atoms with Crippen molar-refractivity contribution >= 4 is 22.9 Å². The summed E-state index contributed by atoms with van der Waals surface area (Å²) in [7, 11) is 0. The minimum absolute atomic E-state index is 0. The van der Waals surface area contributed by atoms with Crippen LogP contribution in [-0.2, 0) is 6.54 Å². The Kier molecular flexibility index (Phi) is 6.52. The summed E-state index contributed by atoms with van der Waals surface area (Å²) in [5.74, 6) is 1.30. The van der Waals surface area contributed by atoms with Gasteiger partial charge in [0.25, 0.3) is 0 Å². The average molecular weight is 376 g/mol. The van der Waals surface area contributed by atoms with Gasteiger partial charge in [-0.25, -0.2) is 15.0 Å². The Morgan fingerprint density at radius 2 is 1.65 bits per heavy atom. The van der Waals surface area contributed by atoms with Crippen LogP contribution in [0, 0.1) is 0 Å². The lowest BCUT2D eigenvalue weighted by Crippen LogP contribution is -2.40. The van der Waals surface area contributed by atoms with Crippen LogP contribution in [0.5, 0.6) is 0 Å². The average Bonchev–Trinajstić information content (AvgIpc) is 2.61. The Bertz CT molecular complexity index is 621. The molecule has 1 aliphatic heterocycles. The molecule has 1 saturated heterocycles.